The van der Waals surface area contributed by atoms with E-state index >= 15 is 0 Å². The Bertz CT molecular complexity index is 5860. The number of hydrogen-bond acceptors (Lipinski definition) is 16. The molecule has 17 nitrogen and oxygen atoms in total. The average Bonchev–Trinajstić information content (AvgIpc) is 1.61. The van der Waals surface area contributed by atoms with E-state index < -0.39 is 44.1 Å². The molecular weight excluding hydrogens is 1600 g/mol. The highest BCUT2D eigenvalue weighted by Crippen LogP contribution is 2.54. The molecule has 6 heterocycles. The van der Waals surface area contributed by atoms with Crippen LogP contribution in [0.5, 0.6) is 17.2 Å². The molecule has 0 saturated carbocycles. The van der Waals surface area contributed by atoms with Crippen molar-refractivity contribution in [2.45, 2.75) is 176 Å². The number of ether oxygens (including phenoxy) is 1. The molecule has 117 heavy (non-hydrogen) atoms. The second-order valence-electron chi connectivity index (χ2n) is 34.1. The SMILES string of the molecule is C=C1N(C)c2ccc(Br)cc2C1(C)C.CCCN1C(=CC2=C([O-])C(=CC3=[N+](C)c4ccc(Br)cc4C3(C)C)C2=O)C(C)(C)c2ccccc21.CCCN1C(=Cc2c(O)c(=O)c2=O)C(C)(C)c2ccccc21.CCCN1C(=Cc2c(O)c(=O)c2=O)C(C)(C)c2ccccc21.CCCN1C(=Cc2c(OCC)c(=O)c2=O)C(C)(C)c2ccccc21. The number of ketones is 1. The van der Waals surface area contributed by atoms with Crippen molar-refractivity contribution in [1.29, 1.82) is 0 Å². The molecule has 0 saturated heterocycles. The quantitative estimate of drug-likeness (QED) is 0.0555. The van der Waals surface area contributed by atoms with E-state index in [2.05, 4.69) is 270 Å². The predicted octanol–water partition coefficient (Wildman–Crippen LogP) is 17.7. The number of para-hydroxylation sites is 4. The third-order valence-electron chi connectivity index (χ3n) is 24.5. The molecule has 6 aliphatic heterocycles. The molecule has 0 radical (unpaired) electrons. The van der Waals surface area contributed by atoms with E-state index in [0.29, 0.717) is 12.2 Å². The number of halogens is 2. The van der Waals surface area contributed by atoms with Crippen LogP contribution in [-0.2, 0) is 37.3 Å². The van der Waals surface area contributed by atoms with Crippen LogP contribution in [0.4, 0.5) is 34.1 Å². The van der Waals surface area contributed by atoms with E-state index in [1.807, 2.05) is 74.7 Å². The van der Waals surface area contributed by atoms with Crippen molar-refractivity contribution in [3.05, 3.63) is 318 Å². The van der Waals surface area contributed by atoms with Gasteiger partial charge in [-0.05, 0) is 153 Å². The second kappa shape index (κ2) is 32.3. The van der Waals surface area contributed by atoms with Gasteiger partial charge < -0.3 is 44.6 Å². The minimum atomic E-state index is -0.790. The summed E-state index contributed by atoms with van der Waals surface area (Å²) in [5, 5.41) is 32.6. The maximum absolute atomic E-state index is 13.3. The zero-order chi connectivity index (χ0) is 85.4. The van der Waals surface area contributed by atoms with Gasteiger partial charge in [-0.25, -0.2) is 0 Å². The smallest absolute Gasteiger partial charge is 0.268 e. The van der Waals surface area contributed by atoms with Crippen LogP contribution in [0, 0.1) is 0 Å². The summed E-state index contributed by atoms with van der Waals surface area (Å²) in [6, 6.07) is 45.6. The number of nitrogens with zero attached hydrogens (tertiary/aromatic N) is 6. The molecule has 16 rings (SSSR count). The molecule has 9 aromatic rings. The third kappa shape index (κ3) is 14.5. The van der Waals surface area contributed by atoms with Gasteiger partial charge >= 0.3 is 0 Å². The lowest BCUT2D eigenvalue weighted by Gasteiger charge is -2.32. The highest BCUT2D eigenvalue weighted by molar-refractivity contribution is 9.10. The first-order valence-electron chi connectivity index (χ1n) is 40.4. The first-order chi connectivity index (χ1) is 55.1. The van der Waals surface area contributed by atoms with Crippen LogP contribution in [-0.4, -0.2) is 73.2 Å². The lowest BCUT2D eigenvalue weighted by atomic mass is 9.77. The Morgan fingerprint density at radius 3 is 1.15 bits per heavy atom. The van der Waals surface area contributed by atoms with E-state index in [0.717, 1.165) is 118 Å². The van der Waals surface area contributed by atoms with Gasteiger partial charge in [-0.2, -0.15) is 4.58 Å². The molecule has 19 heteroatoms. The topological polar surface area (TPSA) is 211 Å². The van der Waals surface area contributed by atoms with Crippen LogP contribution in [0.1, 0.15) is 193 Å². The summed E-state index contributed by atoms with van der Waals surface area (Å²) in [6.45, 7) is 43.9. The van der Waals surface area contributed by atoms with Gasteiger partial charge in [0.25, 0.3) is 16.3 Å². The van der Waals surface area contributed by atoms with Crippen LogP contribution in [0.2, 0.25) is 0 Å². The number of fused-ring (bicyclic) bond motifs is 6. The number of likely N-dealkylation sites (N-methyl/N-ethyl adjacent to an activating group) is 1. The number of hydrogen-bond donors (Lipinski definition) is 2. The summed E-state index contributed by atoms with van der Waals surface area (Å²) < 4.78 is 9.61. The van der Waals surface area contributed by atoms with Gasteiger partial charge in [0.2, 0.25) is 22.0 Å². The van der Waals surface area contributed by atoms with Crippen LogP contribution >= 0.6 is 31.9 Å². The van der Waals surface area contributed by atoms with Crippen LogP contribution in [0.3, 0.4) is 0 Å². The van der Waals surface area contributed by atoms with E-state index in [4.69, 9.17) is 4.74 Å². The normalized spacial score (nSPS) is 19.3. The molecule has 0 unspecified atom stereocenters. The number of rotatable bonds is 15. The largest absolute Gasteiger partial charge is 0.871 e. The van der Waals surface area contributed by atoms with Crippen LogP contribution in [0.25, 0.3) is 18.2 Å². The Morgan fingerprint density at radius 2 is 0.778 bits per heavy atom. The zero-order valence-electron chi connectivity index (χ0n) is 70.7. The number of anilines is 5. The fourth-order valence-corrected chi connectivity index (χ4v) is 18.5. The first-order valence-corrected chi connectivity index (χ1v) is 41.9. The highest BCUT2D eigenvalue weighted by atomic mass is 79.9. The number of carbonyl (C=O) groups is 1. The summed E-state index contributed by atoms with van der Waals surface area (Å²) in [6.07, 6.45) is 12.7. The Hall–Kier alpha value is -10.8. The molecule has 0 spiro atoms. The molecule has 608 valence electrons. The number of allylic oxidation sites excluding steroid dienone is 9. The van der Waals surface area contributed by atoms with Gasteiger partial charge in [-0.15, -0.1) is 0 Å². The summed E-state index contributed by atoms with van der Waals surface area (Å²) in [5.41, 5.74) is 16.5. The van der Waals surface area contributed by atoms with Gasteiger partial charge in [0.1, 0.15) is 7.05 Å². The lowest BCUT2D eigenvalue weighted by molar-refractivity contribution is -0.401. The lowest BCUT2D eigenvalue weighted by Crippen LogP contribution is -2.36. The Kier molecular flexibility index (Phi) is 23.6. The van der Waals surface area contributed by atoms with Gasteiger partial charge in [-0.1, -0.05) is 214 Å². The average molecular weight is 1700 g/mol. The van der Waals surface area contributed by atoms with Crippen molar-refractivity contribution in [2.24, 2.45) is 0 Å². The van der Waals surface area contributed by atoms with Gasteiger partial charge in [0.05, 0.1) is 28.7 Å². The first kappa shape index (κ1) is 85.6. The van der Waals surface area contributed by atoms with E-state index in [1.165, 1.54) is 44.8 Å². The Balaban J connectivity index is 0.000000138. The summed E-state index contributed by atoms with van der Waals surface area (Å²) >= 11 is 7.08. The molecule has 2 N–H and O–H groups in total. The molecule has 0 atom stereocenters. The zero-order valence-corrected chi connectivity index (χ0v) is 73.8. The molecule has 1 aliphatic carbocycles. The van der Waals surface area contributed by atoms with Gasteiger partial charge in [-0.3, -0.25) is 33.6 Å². The van der Waals surface area contributed by atoms with Crippen molar-refractivity contribution in [2.75, 3.05) is 71.4 Å². The molecule has 0 bridgehead atoms. The molecular formula is C98H106Br2N6O11. The van der Waals surface area contributed by atoms with Crippen molar-refractivity contribution in [3.8, 4) is 17.2 Å². The van der Waals surface area contributed by atoms with E-state index in [1.54, 1.807) is 18.2 Å². The summed E-state index contributed by atoms with van der Waals surface area (Å²) in [5.74, 6) is -0.960. The van der Waals surface area contributed by atoms with Crippen molar-refractivity contribution < 1.29 is 29.4 Å². The second-order valence-corrected chi connectivity index (χ2v) is 36.0. The summed E-state index contributed by atoms with van der Waals surface area (Å²) in [7, 11) is 4.07. The van der Waals surface area contributed by atoms with Gasteiger partial charge in [0.15, 0.2) is 28.7 Å². The minimum absolute atomic E-state index is 0.0495. The fourth-order valence-electron chi connectivity index (χ4n) is 17.8. The Labute approximate surface area is 702 Å². The molecule has 0 fully saturated rings. The predicted molar refractivity (Wildman–Crippen MR) is 482 cm³/mol. The standard InChI is InChI=1S/C30H31BrN2O2.C20H23NO3.2C18H19NO3.C12H14BrN/c1-7-14-33-24-11-9-8-10-21(24)29(2,3)26(33)17-20-27(34)19(28(20)35)16-25-30(4,5)22-15-18(31)12-13-23(22)32(25)6;1-5-11-21-15-10-8-7-9-14(15)20(3,4)16(21)12-13-17(22)18(23)19(13)24-6-2;2*1-4-9-19-13-8-6-5-7-12(13)18(2,3)14(19)10-11-15(20)17(22)16(11)21;1-8-12(2,3)10-7-9(13)5-6-11(10)14(8)4/h8-13,15-17H,7,14H2,1-6H3;7-10,12H,5-6,11H2,1-4H3;2*5-8,10,20H,4,9H2,1-3H3;5-7H,1H2,2-4H3. The van der Waals surface area contributed by atoms with Crippen molar-refractivity contribution >= 4 is 95.7 Å². The van der Waals surface area contributed by atoms with Gasteiger partial charge in [0, 0.05) is 155 Å². The fraction of sp³-hybridized carbons (Fsp3) is 0.347. The number of carbonyl (C=O) groups excluding carboxylic acids is 1. The van der Waals surface area contributed by atoms with Crippen molar-refractivity contribution in [1.82, 2.24) is 0 Å². The maximum Gasteiger partial charge on any atom is 0.268 e. The Morgan fingerprint density at radius 1 is 0.427 bits per heavy atom. The molecule has 0 amide bonds. The molecule has 0 aromatic heterocycles. The molecule has 9 aromatic carbocycles. The molecule has 7 aliphatic rings. The maximum atomic E-state index is 13.3. The van der Waals surface area contributed by atoms with E-state index in [9.17, 15) is 48.9 Å². The van der Waals surface area contributed by atoms with E-state index in [-0.39, 0.29) is 72.1 Å². The van der Waals surface area contributed by atoms with Crippen LogP contribution < -0.4 is 66.9 Å². The third-order valence-corrected chi connectivity index (χ3v) is 25.5. The monoisotopic (exact) mass is 1700 g/mol. The highest BCUT2D eigenvalue weighted by Gasteiger charge is 2.48. The minimum Gasteiger partial charge on any atom is -0.871 e. The van der Waals surface area contributed by atoms with Crippen LogP contribution in [0.15, 0.2) is 235 Å². The van der Waals surface area contributed by atoms with Crippen molar-refractivity contribution in [3.63, 3.8) is 0 Å². The number of Topliss-reactive ketones (excluding diaryl/α,β-unsaturated/α-hetero) is 1. The number of aromatic hydroxyl groups is 2. The number of benzene rings is 6. The summed E-state index contributed by atoms with van der Waals surface area (Å²) in [4.78, 5) is 93.9.